The topological polar surface area (TPSA) is 95.9 Å². The fraction of sp³-hybridized carbons (Fsp3) is 0.467. The van der Waals surface area contributed by atoms with Crippen molar-refractivity contribution in [2.75, 3.05) is 13.2 Å². The quantitative estimate of drug-likeness (QED) is 0.599. The number of hydrogen-bond acceptors (Lipinski definition) is 4. The summed E-state index contributed by atoms with van der Waals surface area (Å²) in [5.41, 5.74) is 0.461. The Labute approximate surface area is 123 Å². The molecule has 1 amide bonds. The lowest BCUT2D eigenvalue weighted by atomic mass is 10.2. The molecule has 0 aliphatic heterocycles. The lowest BCUT2D eigenvalue weighted by Gasteiger charge is -2.08. The average Bonchev–Trinajstić information content (AvgIpc) is 2.47. The molecular formula is C15H21NO5. The number of unbranched alkanes of at least 4 members (excludes halogenated alkanes) is 1. The highest BCUT2D eigenvalue weighted by Crippen LogP contribution is 2.12. The zero-order valence-electron chi connectivity index (χ0n) is 12.0. The summed E-state index contributed by atoms with van der Waals surface area (Å²) >= 11 is 0. The van der Waals surface area contributed by atoms with Crippen LogP contribution >= 0.6 is 0 Å². The number of carboxylic acids is 1. The van der Waals surface area contributed by atoms with Crippen molar-refractivity contribution in [2.45, 2.75) is 32.3 Å². The molecule has 1 aromatic rings. The molecule has 1 atom stereocenters. The number of carbonyl (C=O) groups excluding carboxylic acids is 1. The second-order valence-corrected chi connectivity index (χ2v) is 4.63. The smallest absolute Gasteiger partial charge is 0.332 e. The van der Waals surface area contributed by atoms with Crippen LogP contribution in [0.1, 0.15) is 36.5 Å². The van der Waals surface area contributed by atoms with Crippen molar-refractivity contribution in [3.8, 4) is 5.75 Å². The monoisotopic (exact) mass is 295 g/mol. The van der Waals surface area contributed by atoms with Gasteiger partial charge in [-0.2, -0.15) is 0 Å². The molecule has 1 rings (SSSR count). The molecule has 1 aromatic carbocycles. The van der Waals surface area contributed by atoms with E-state index in [0.29, 0.717) is 17.9 Å². The molecule has 0 fully saturated rings. The van der Waals surface area contributed by atoms with E-state index in [9.17, 15) is 9.59 Å². The van der Waals surface area contributed by atoms with E-state index in [-0.39, 0.29) is 18.9 Å². The minimum atomic E-state index is -1.46. The van der Waals surface area contributed by atoms with Gasteiger partial charge < -0.3 is 20.3 Å². The predicted molar refractivity (Wildman–Crippen MR) is 77.4 cm³/mol. The van der Waals surface area contributed by atoms with Gasteiger partial charge >= 0.3 is 5.97 Å². The first-order valence-electron chi connectivity index (χ1n) is 6.96. The van der Waals surface area contributed by atoms with E-state index in [0.717, 1.165) is 12.8 Å². The van der Waals surface area contributed by atoms with E-state index >= 15 is 0 Å². The summed E-state index contributed by atoms with van der Waals surface area (Å²) < 4.78 is 5.49. The van der Waals surface area contributed by atoms with Crippen LogP contribution in [0.2, 0.25) is 0 Å². The van der Waals surface area contributed by atoms with Crippen LogP contribution in [0.5, 0.6) is 5.75 Å². The number of ether oxygens (including phenoxy) is 1. The van der Waals surface area contributed by atoms with Crippen LogP contribution in [-0.2, 0) is 4.79 Å². The highest BCUT2D eigenvalue weighted by Gasteiger charge is 2.13. The van der Waals surface area contributed by atoms with Gasteiger partial charge in [-0.25, -0.2) is 4.79 Å². The van der Waals surface area contributed by atoms with Gasteiger partial charge in [0.25, 0.3) is 5.91 Å². The summed E-state index contributed by atoms with van der Waals surface area (Å²) in [6.07, 6.45) is 0.551. The summed E-state index contributed by atoms with van der Waals surface area (Å²) in [4.78, 5) is 22.2. The SMILES string of the molecule is CCCCOc1ccc(C(=O)NCCC(O)C(=O)O)cc1. The molecule has 21 heavy (non-hydrogen) atoms. The summed E-state index contributed by atoms with van der Waals surface area (Å²) in [6.45, 7) is 2.83. The molecule has 0 heterocycles. The van der Waals surface area contributed by atoms with Crippen LogP contribution in [-0.4, -0.2) is 41.3 Å². The molecule has 0 spiro atoms. The number of carbonyl (C=O) groups is 2. The standard InChI is InChI=1S/C15H21NO5/c1-2-3-10-21-12-6-4-11(5-7-12)14(18)16-9-8-13(17)15(19)20/h4-7,13,17H,2-3,8-10H2,1H3,(H,16,18)(H,19,20). The second-order valence-electron chi connectivity index (χ2n) is 4.63. The maximum absolute atomic E-state index is 11.8. The first-order chi connectivity index (χ1) is 10.0. The number of rotatable bonds is 9. The number of nitrogens with one attached hydrogen (secondary N) is 1. The van der Waals surface area contributed by atoms with Gasteiger partial charge in [0.2, 0.25) is 0 Å². The van der Waals surface area contributed by atoms with Gasteiger partial charge in [-0.3, -0.25) is 4.79 Å². The van der Waals surface area contributed by atoms with E-state index in [1.807, 2.05) is 0 Å². The molecule has 1 unspecified atom stereocenters. The van der Waals surface area contributed by atoms with Gasteiger partial charge in [0, 0.05) is 18.5 Å². The second kappa shape index (κ2) is 8.97. The number of amides is 1. The normalized spacial score (nSPS) is 11.7. The third kappa shape index (κ3) is 6.27. The molecule has 0 bridgehead atoms. The third-order valence-electron chi connectivity index (χ3n) is 2.87. The van der Waals surface area contributed by atoms with Crippen molar-refractivity contribution in [3.05, 3.63) is 29.8 Å². The van der Waals surface area contributed by atoms with E-state index in [1.165, 1.54) is 0 Å². The highest BCUT2D eigenvalue weighted by atomic mass is 16.5. The van der Waals surface area contributed by atoms with E-state index in [1.54, 1.807) is 24.3 Å². The number of aliphatic carboxylic acids is 1. The van der Waals surface area contributed by atoms with Crippen molar-refractivity contribution in [3.63, 3.8) is 0 Å². The summed E-state index contributed by atoms with van der Waals surface area (Å²) in [6, 6.07) is 6.72. The van der Waals surface area contributed by atoms with E-state index < -0.39 is 12.1 Å². The Balaban J connectivity index is 2.39. The van der Waals surface area contributed by atoms with E-state index in [2.05, 4.69) is 12.2 Å². The lowest BCUT2D eigenvalue weighted by Crippen LogP contribution is -2.30. The number of aliphatic hydroxyl groups is 1. The number of aliphatic hydroxyl groups excluding tert-OH is 1. The summed E-state index contributed by atoms with van der Waals surface area (Å²) in [5, 5.41) is 20.1. The number of hydrogen-bond donors (Lipinski definition) is 3. The summed E-state index contributed by atoms with van der Waals surface area (Å²) in [5.74, 6) is -0.896. The van der Waals surface area contributed by atoms with Crippen LogP contribution in [0, 0.1) is 0 Å². The number of carboxylic acid groups (broad SMARTS) is 1. The van der Waals surface area contributed by atoms with Crippen molar-refractivity contribution < 1.29 is 24.5 Å². The van der Waals surface area contributed by atoms with Gasteiger partial charge in [0.05, 0.1) is 6.61 Å². The molecule has 116 valence electrons. The van der Waals surface area contributed by atoms with Crippen molar-refractivity contribution in [1.82, 2.24) is 5.32 Å². The zero-order chi connectivity index (χ0) is 15.7. The Bertz CT molecular complexity index is 458. The largest absolute Gasteiger partial charge is 0.494 e. The minimum absolute atomic E-state index is 0.0285. The lowest BCUT2D eigenvalue weighted by molar-refractivity contribution is -0.146. The molecule has 3 N–H and O–H groups in total. The van der Waals surface area contributed by atoms with Crippen LogP contribution < -0.4 is 10.1 Å². The van der Waals surface area contributed by atoms with Crippen LogP contribution in [0.4, 0.5) is 0 Å². The molecule has 0 aromatic heterocycles. The van der Waals surface area contributed by atoms with E-state index in [4.69, 9.17) is 14.9 Å². The molecule has 0 saturated heterocycles. The molecular weight excluding hydrogens is 274 g/mol. The van der Waals surface area contributed by atoms with Crippen LogP contribution in [0.3, 0.4) is 0 Å². The average molecular weight is 295 g/mol. The first kappa shape index (κ1) is 17.0. The molecule has 0 radical (unpaired) electrons. The van der Waals surface area contributed by atoms with Crippen LogP contribution in [0.15, 0.2) is 24.3 Å². The molecule has 6 heteroatoms. The fourth-order valence-electron chi connectivity index (χ4n) is 1.58. The third-order valence-corrected chi connectivity index (χ3v) is 2.87. The minimum Gasteiger partial charge on any atom is -0.494 e. The molecule has 0 aliphatic carbocycles. The Kier molecular flexibility index (Phi) is 7.25. The maximum Gasteiger partial charge on any atom is 0.332 e. The molecule has 0 aliphatic rings. The van der Waals surface area contributed by atoms with Crippen molar-refractivity contribution in [2.24, 2.45) is 0 Å². The summed E-state index contributed by atoms with van der Waals surface area (Å²) in [7, 11) is 0. The van der Waals surface area contributed by atoms with Crippen molar-refractivity contribution >= 4 is 11.9 Å². The highest BCUT2D eigenvalue weighted by molar-refractivity contribution is 5.94. The van der Waals surface area contributed by atoms with Gasteiger partial charge in [-0.1, -0.05) is 13.3 Å². The fourth-order valence-corrected chi connectivity index (χ4v) is 1.58. The Morgan fingerprint density at radius 2 is 1.95 bits per heavy atom. The van der Waals surface area contributed by atoms with Gasteiger partial charge in [0.1, 0.15) is 5.75 Å². The van der Waals surface area contributed by atoms with Crippen molar-refractivity contribution in [1.29, 1.82) is 0 Å². The Hall–Kier alpha value is -2.08. The van der Waals surface area contributed by atoms with Gasteiger partial charge in [0.15, 0.2) is 6.10 Å². The van der Waals surface area contributed by atoms with Gasteiger partial charge in [-0.05, 0) is 30.7 Å². The van der Waals surface area contributed by atoms with Gasteiger partial charge in [-0.15, -0.1) is 0 Å². The van der Waals surface area contributed by atoms with Crippen LogP contribution in [0.25, 0.3) is 0 Å². The Morgan fingerprint density at radius 1 is 1.29 bits per heavy atom. The first-order valence-corrected chi connectivity index (χ1v) is 6.96. The predicted octanol–water partition coefficient (Wildman–Crippen LogP) is 1.43. The molecule has 0 saturated carbocycles. The number of benzene rings is 1. The maximum atomic E-state index is 11.8. The Morgan fingerprint density at radius 3 is 2.52 bits per heavy atom. The zero-order valence-corrected chi connectivity index (χ0v) is 12.0. The molecule has 6 nitrogen and oxygen atoms in total.